The molecule has 1 amide bonds. The Balaban J connectivity index is 2.42. The van der Waals surface area contributed by atoms with Crippen LogP contribution in [-0.4, -0.2) is 42.2 Å². The third kappa shape index (κ3) is 4.73. The van der Waals surface area contributed by atoms with E-state index in [9.17, 15) is 4.79 Å². The van der Waals surface area contributed by atoms with Gasteiger partial charge in [-0.2, -0.15) is 0 Å². The molecule has 0 aromatic carbocycles. The van der Waals surface area contributed by atoms with Gasteiger partial charge in [-0.15, -0.1) is 6.58 Å². The van der Waals surface area contributed by atoms with E-state index in [1.54, 1.807) is 18.4 Å². The summed E-state index contributed by atoms with van der Waals surface area (Å²) < 4.78 is 5.21. The maximum Gasteiger partial charge on any atom is 0.234 e. The quantitative estimate of drug-likeness (QED) is 0.676. The van der Waals surface area contributed by atoms with E-state index in [0.717, 1.165) is 5.76 Å². The number of furan rings is 1. The van der Waals surface area contributed by atoms with E-state index in [1.165, 1.54) is 0 Å². The summed E-state index contributed by atoms with van der Waals surface area (Å²) in [5, 5.41) is 11.7. The molecule has 1 atom stereocenters. The van der Waals surface area contributed by atoms with Gasteiger partial charge >= 0.3 is 0 Å². The third-order valence-electron chi connectivity index (χ3n) is 2.52. The summed E-state index contributed by atoms with van der Waals surface area (Å²) in [6, 6.07) is 3.45. The number of amides is 1. The molecule has 2 N–H and O–H groups in total. The number of aliphatic hydroxyl groups excluding tert-OH is 1. The van der Waals surface area contributed by atoms with Crippen LogP contribution in [-0.2, 0) is 4.79 Å². The molecule has 0 aliphatic carbocycles. The van der Waals surface area contributed by atoms with Crippen LogP contribution in [0.4, 0.5) is 0 Å². The average Bonchev–Trinajstić information content (AvgIpc) is 2.82. The fraction of sp³-hybridized carbons (Fsp3) is 0.462. The molecule has 18 heavy (non-hydrogen) atoms. The second-order valence-corrected chi connectivity index (χ2v) is 4.05. The second kappa shape index (κ2) is 7.68. The van der Waals surface area contributed by atoms with Gasteiger partial charge in [0.25, 0.3) is 0 Å². The molecule has 0 spiro atoms. The van der Waals surface area contributed by atoms with Crippen molar-refractivity contribution in [3.05, 3.63) is 36.8 Å². The van der Waals surface area contributed by atoms with Crippen molar-refractivity contribution in [3.63, 3.8) is 0 Å². The first-order chi connectivity index (χ1) is 8.67. The third-order valence-corrected chi connectivity index (χ3v) is 2.52. The minimum absolute atomic E-state index is 0.0227. The van der Waals surface area contributed by atoms with E-state index in [2.05, 4.69) is 11.9 Å². The second-order valence-electron chi connectivity index (χ2n) is 4.05. The molecular weight excluding hydrogens is 232 g/mol. The Hall–Kier alpha value is -1.59. The topological polar surface area (TPSA) is 65.7 Å². The van der Waals surface area contributed by atoms with Crippen LogP contribution in [0.1, 0.15) is 18.7 Å². The van der Waals surface area contributed by atoms with Gasteiger partial charge in [0.1, 0.15) is 5.76 Å². The summed E-state index contributed by atoms with van der Waals surface area (Å²) in [4.78, 5) is 13.6. The van der Waals surface area contributed by atoms with E-state index in [4.69, 9.17) is 9.52 Å². The van der Waals surface area contributed by atoms with E-state index < -0.39 is 0 Å². The fourth-order valence-corrected chi connectivity index (χ4v) is 1.66. The average molecular weight is 252 g/mol. The Kier molecular flexibility index (Phi) is 6.18. The van der Waals surface area contributed by atoms with Gasteiger partial charge in [0, 0.05) is 13.1 Å². The van der Waals surface area contributed by atoms with E-state index in [1.807, 2.05) is 17.9 Å². The first-order valence-corrected chi connectivity index (χ1v) is 5.94. The molecule has 0 fully saturated rings. The molecule has 1 heterocycles. The lowest BCUT2D eigenvalue weighted by molar-refractivity contribution is -0.123. The van der Waals surface area contributed by atoms with Crippen molar-refractivity contribution in [2.24, 2.45) is 0 Å². The molecule has 1 unspecified atom stereocenters. The molecule has 5 heteroatoms. The van der Waals surface area contributed by atoms with Crippen LogP contribution in [0.5, 0.6) is 0 Å². The lowest BCUT2D eigenvalue weighted by Gasteiger charge is -2.20. The van der Waals surface area contributed by atoms with Crippen molar-refractivity contribution in [1.82, 2.24) is 10.2 Å². The highest BCUT2D eigenvalue weighted by atomic mass is 16.3. The van der Waals surface area contributed by atoms with Gasteiger partial charge in [-0.25, -0.2) is 0 Å². The normalized spacial score (nSPS) is 12.4. The summed E-state index contributed by atoms with van der Waals surface area (Å²) in [6.45, 7) is 6.77. The molecule has 5 nitrogen and oxygen atoms in total. The number of hydrogen-bond donors (Lipinski definition) is 2. The van der Waals surface area contributed by atoms with E-state index >= 15 is 0 Å². The summed E-state index contributed by atoms with van der Waals surface area (Å²) in [5.41, 5.74) is 0. The van der Waals surface area contributed by atoms with Crippen LogP contribution < -0.4 is 5.32 Å². The number of aliphatic hydroxyl groups is 1. The lowest BCUT2D eigenvalue weighted by atomic mass is 10.2. The van der Waals surface area contributed by atoms with E-state index in [0.29, 0.717) is 13.1 Å². The van der Waals surface area contributed by atoms with Gasteiger partial charge < -0.3 is 14.8 Å². The Bertz CT molecular complexity index is 362. The first kappa shape index (κ1) is 14.5. The molecule has 1 aromatic rings. The van der Waals surface area contributed by atoms with Crippen molar-refractivity contribution < 1.29 is 14.3 Å². The first-order valence-electron chi connectivity index (χ1n) is 5.94. The zero-order valence-electron chi connectivity index (χ0n) is 10.6. The highest BCUT2D eigenvalue weighted by Crippen LogP contribution is 2.11. The fourth-order valence-electron chi connectivity index (χ4n) is 1.66. The predicted octanol–water partition coefficient (Wildman–Crippen LogP) is 0.937. The molecule has 0 saturated carbocycles. The number of nitrogens with zero attached hydrogens (tertiary/aromatic N) is 1. The minimum Gasteiger partial charge on any atom is -0.467 e. The van der Waals surface area contributed by atoms with Gasteiger partial charge in [-0.3, -0.25) is 9.69 Å². The Morgan fingerprint density at radius 2 is 2.50 bits per heavy atom. The number of hydrogen-bond acceptors (Lipinski definition) is 4. The van der Waals surface area contributed by atoms with Gasteiger partial charge in [0.05, 0.1) is 25.5 Å². The van der Waals surface area contributed by atoms with Crippen LogP contribution in [0.25, 0.3) is 0 Å². The molecule has 0 aliphatic heterocycles. The molecule has 0 radical (unpaired) electrons. The SMILES string of the molecule is C=CCN(CCO)CC(=O)NC(C)c1ccco1. The monoisotopic (exact) mass is 252 g/mol. The number of rotatable bonds is 8. The van der Waals surface area contributed by atoms with E-state index in [-0.39, 0.29) is 25.1 Å². The van der Waals surface area contributed by atoms with Gasteiger partial charge in [-0.1, -0.05) is 6.08 Å². The van der Waals surface area contributed by atoms with Crippen molar-refractivity contribution in [2.45, 2.75) is 13.0 Å². The van der Waals surface area contributed by atoms with Crippen molar-refractivity contribution in [2.75, 3.05) is 26.2 Å². The highest BCUT2D eigenvalue weighted by Gasteiger charge is 2.14. The molecule has 100 valence electrons. The molecular formula is C13H20N2O3. The zero-order chi connectivity index (χ0) is 13.4. The molecule has 0 bridgehead atoms. The highest BCUT2D eigenvalue weighted by molar-refractivity contribution is 5.78. The summed E-state index contributed by atoms with van der Waals surface area (Å²) >= 11 is 0. The Labute approximate surface area is 107 Å². The van der Waals surface area contributed by atoms with Gasteiger partial charge in [0.2, 0.25) is 5.91 Å². The maximum absolute atomic E-state index is 11.8. The standard InChI is InChI=1S/C13H20N2O3/c1-3-6-15(7-8-16)10-13(17)14-11(2)12-5-4-9-18-12/h3-5,9,11,16H,1,6-8,10H2,2H3,(H,14,17). The van der Waals surface area contributed by atoms with Crippen molar-refractivity contribution in [3.8, 4) is 0 Å². The zero-order valence-corrected chi connectivity index (χ0v) is 10.6. The largest absolute Gasteiger partial charge is 0.467 e. The van der Waals surface area contributed by atoms with Gasteiger partial charge in [-0.05, 0) is 19.1 Å². The summed E-state index contributed by atoms with van der Waals surface area (Å²) in [6.07, 6.45) is 3.28. The van der Waals surface area contributed by atoms with Crippen LogP contribution in [0.2, 0.25) is 0 Å². The number of carbonyl (C=O) groups is 1. The predicted molar refractivity (Wildman–Crippen MR) is 69.0 cm³/mol. The molecule has 1 aromatic heterocycles. The van der Waals surface area contributed by atoms with Crippen molar-refractivity contribution in [1.29, 1.82) is 0 Å². The molecule has 1 rings (SSSR count). The molecule has 0 saturated heterocycles. The van der Waals surface area contributed by atoms with Crippen LogP contribution in [0.3, 0.4) is 0 Å². The Morgan fingerprint density at radius 1 is 1.72 bits per heavy atom. The smallest absolute Gasteiger partial charge is 0.234 e. The lowest BCUT2D eigenvalue weighted by Crippen LogP contribution is -2.39. The van der Waals surface area contributed by atoms with Crippen LogP contribution in [0, 0.1) is 0 Å². The summed E-state index contributed by atoms with van der Waals surface area (Å²) in [7, 11) is 0. The summed E-state index contributed by atoms with van der Waals surface area (Å²) in [5.74, 6) is 0.620. The maximum atomic E-state index is 11.8. The Morgan fingerprint density at radius 3 is 3.06 bits per heavy atom. The van der Waals surface area contributed by atoms with Crippen LogP contribution in [0.15, 0.2) is 35.5 Å². The van der Waals surface area contributed by atoms with Gasteiger partial charge in [0.15, 0.2) is 0 Å². The minimum atomic E-state index is -0.160. The van der Waals surface area contributed by atoms with Crippen LogP contribution >= 0.6 is 0 Å². The number of nitrogens with one attached hydrogen (secondary N) is 1. The number of carbonyl (C=O) groups excluding carboxylic acids is 1. The molecule has 0 aliphatic rings. The van der Waals surface area contributed by atoms with Crippen molar-refractivity contribution >= 4 is 5.91 Å².